The fraction of sp³-hybridized carbons (Fsp3) is 0.167. The van der Waals surface area contributed by atoms with E-state index in [1.54, 1.807) is 36.4 Å². The Balaban J connectivity index is 1.38. The Kier molecular flexibility index (Phi) is 8.08. The molecule has 0 unspecified atom stereocenters. The molecule has 0 amide bonds. The minimum atomic E-state index is -1.27. The summed E-state index contributed by atoms with van der Waals surface area (Å²) in [5.41, 5.74) is 0.961. The van der Waals surface area contributed by atoms with Crippen LogP contribution < -0.4 is 4.74 Å². The van der Waals surface area contributed by atoms with Crippen LogP contribution in [0.15, 0.2) is 109 Å². The van der Waals surface area contributed by atoms with Crippen molar-refractivity contribution in [3.63, 3.8) is 0 Å². The molecule has 4 rings (SSSR count). The lowest BCUT2D eigenvalue weighted by Gasteiger charge is -2.24. The number of Topliss-reactive ketones (excluding diaryl/α,β-unsaturated/α-hetero) is 1. The number of para-hydroxylation sites is 1. The highest BCUT2D eigenvalue weighted by Crippen LogP contribution is 2.39. The zero-order valence-corrected chi connectivity index (χ0v) is 19.7. The first kappa shape index (κ1) is 24.7. The summed E-state index contributed by atoms with van der Waals surface area (Å²) in [7, 11) is 0. The maximum absolute atomic E-state index is 13.3. The van der Waals surface area contributed by atoms with Crippen LogP contribution in [0.1, 0.15) is 34.3 Å². The average molecular weight is 483 g/mol. The van der Waals surface area contributed by atoms with Crippen LogP contribution in [0.2, 0.25) is 0 Å². The topological polar surface area (TPSA) is 78.9 Å². The van der Waals surface area contributed by atoms with E-state index in [-0.39, 0.29) is 31.8 Å². The molecule has 6 nitrogen and oxygen atoms in total. The van der Waals surface area contributed by atoms with Gasteiger partial charge in [0, 0.05) is 25.0 Å². The van der Waals surface area contributed by atoms with Crippen LogP contribution in [-0.2, 0) is 32.3 Å². The zero-order chi connectivity index (χ0) is 25.2. The SMILES string of the molecule is O=C(/C=C/CC1(C/C=C/C(=O)OCc2ccccc2)Oc2ccccc2C1=O)OCc1ccccc1. The van der Waals surface area contributed by atoms with Gasteiger partial charge in [-0.15, -0.1) is 0 Å². The third-order valence-electron chi connectivity index (χ3n) is 5.70. The van der Waals surface area contributed by atoms with Gasteiger partial charge in [0.2, 0.25) is 5.78 Å². The number of esters is 2. The van der Waals surface area contributed by atoms with E-state index in [0.717, 1.165) is 11.1 Å². The smallest absolute Gasteiger partial charge is 0.330 e. The summed E-state index contributed by atoms with van der Waals surface area (Å²) in [6.45, 7) is 0.313. The summed E-state index contributed by atoms with van der Waals surface area (Å²) < 4.78 is 16.6. The molecule has 0 spiro atoms. The standard InChI is InChI=1S/C30H26O6/c31-27(34-21-23-11-3-1-4-12-23)17-9-19-30(29(33)25-15-7-8-16-26(25)36-30)20-10-18-28(32)35-22-24-13-5-2-6-14-24/h1-18H,19-22H2/b17-9+,18-10+. The van der Waals surface area contributed by atoms with Crippen molar-refractivity contribution in [2.75, 3.05) is 0 Å². The highest BCUT2D eigenvalue weighted by molar-refractivity contribution is 6.07. The Bertz CT molecular complexity index is 1190. The molecule has 3 aromatic carbocycles. The Morgan fingerprint density at radius 3 is 1.67 bits per heavy atom. The fourth-order valence-corrected chi connectivity index (χ4v) is 3.84. The lowest BCUT2D eigenvalue weighted by atomic mass is 9.88. The van der Waals surface area contributed by atoms with Crippen molar-refractivity contribution >= 4 is 17.7 Å². The lowest BCUT2D eigenvalue weighted by molar-refractivity contribution is -0.139. The van der Waals surface area contributed by atoms with Gasteiger partial charge >= 0.3 is 11.9 Å². The maximum atomic E-state index is 13.3. The van der Waals surface area contributed by atoms with Gasteiger partial charge in [-0.3, -0.25) is 4.79 Å². The second-order valence-electron chi connectivity index (χ2n) is 8.32. The first-order valence-electron chi connectivity index (χ1n) is 11.6. The molecule has 1 aliphatic heterocycles. The van der Waals surface area contributed by atoms with Crippen LogP contribution >= 0.6 is 0 Å². The van der Waals surface area contributed by atoms with Gasteiger partial charge in [0.05, 0.1) is 5.56 Å². The zero-order valence-electron chi connectivity index (χ0n) is 19.7. The molecule has 182 valence electrons. The number of hydrogen-bond acceptors (Lipinski definition) is 6. The number of fused-ring (bicyclic) bond motifs is 1. The van der Waals surface area contributed by atoms with Crippen molar-refractivity contribution in [3.05, 3.63) is 126 Å². The van der Waals surface area contributed by atoms with Crippen LogP contribution in [0, 0.1) is 0 Å². The van der Waals surface area contributed by atoms with Crippen LogP contribution in [0.3, 0.4) is 0 Å². The highest BCUT2D eigenvalue weighted by atomic mass is 16.5. The van der Waals surface area contributed by atoms with Crippen LogP contribution in [-0.4, -0.2) is 23.3 Å². The van der Waals surface area contributed by atoms with Crippen molar-refractivity contribution in [3.8, 4) is 5.75 Å². The summed E-state index contributed by atoms with van der Waals surface area (Å²) in [5, 5.41) is 0. The van der Waals surface area contributed by atoms with Gasteiger partial charge in [0.25, 0.3) is 0 Å². The number of carbonyl (C=O) groups is 3. The summed E-state index contributed by atoms with van der Waals surface area (Å²) in [4.78, 5) is 37.6. The molecule has 0 saturated carbocycles. The van der Waals surface area contributed by atoms with Crippen molar-refractivity contribution in [2.45, 2.75) is 31.7 Å². The van der Waals surface area contributed by atoms with Gasteiger partial charge in [-0.25, -0.2) is 9.59 Å². The van der Waals surface area contributed by atoms with Crippen molar-refractivity contribution in [2.24, 2.45) is 0 Å². The summed E-state index contributed by atoms with van der Waals surface area (Å²) in [5.74, 6) is -0.765. The van der Waals surface area contributed by atoms with Crippen LogP contribution in [0.25, 0.3) is 0 Å². The number of rotatable bonds is 10. The highest BCUT2D eigenvalue weighted by Gasteiger charge is 2.46. The third kappa shape index (κ3) is 6.36. The van der Waals surface area contributed by atoms with E-state index in [2.05, 4.69) is 0 Å². The molecule has 0 bridgehead atoms. The largest absolute Gasteiger partial charge is 0.478 e. The Morgan fingerprint density at radius 2 is 1.17 bits per heavy atom. The molecule has 0 fully saturated rings. The van der Waals surface area contributed by atoms with E-state index in [4.69, 9.17) is 14.2 Å². The normalized spacial score (nSPS) is 13.9. The molecular weight excluding hydrogens is 456 g/mol. The van der Waals surface area contributed by atoms with Gasteiger partial charge in [0.1, 0.15) is 19.0 Å². The molecule has 0 saturated heterocycles. The van der Waals surface area contributed by atoms with E-state index in [1.165, 1.54) is 12.2 Å². The van der Waals surface area contributed by atoms with E-state index >= 15 is 0 Å². The molecule has 36 heavy (non-hydrogen) atoms. The van der Waals surface area contributed by atoms with Gasteiger partial charge in [-0.1, -0.05) is 84.9 Å². The summed E-state index contributed by atoms with van der Waals surface area (Å²) >= 11 is 0. The van der Waals surface area contributed by atoms with Gasteiger partial charge in [-0.05, 0) is 23.3 Å². The van der Waals surface area contributed by atoms with E-state index in [0.29, 0.717) is 11.3 Å². The minimum Gasteiger partial charge on any atom is -0.478 e. The molecule has 1 aliphatic rings. The number of carbonyl (C=O) groups excluding carboxylic acids is 3. The fourth-order valence-electron chi connectivity index (χ4n) is 3.84. The van der Waals surface area contributed by atoms with Gasteiger partial charge < -0.3 is 14.2 Å². The number of ketones is 1. The minimum absolute atomic E-state index is 0.129. The van der Waals surface area contributed by atoms with E-state index < -0.39 is 17.5 Å². The quantitative estimate of drug-likeness (QED) is 0.285. The molecular formula is C30H26O6. The molecule has 1 heterocycles. The molecule has 6 heteroatoms. The second-order valence-corrected chi connectivity index (χ2v) is 8.32. The summed E-state index contributed by atoms with van der Waals surface area (Å²) in [6.07, 6.45) is 5.98. The monoisotopic (exact) mass is 482 g/mol. The Labute approximate surface area is 209 Å². The predicted octanol–water partition coefficient (Wildman–Crippen LogP) is 5.38. The first-order chi connectivity index (χ1) is 17.6. The molecule has 0 aliphatic carbocycles. The predicted molar refractivity (Wildman–Crippen MR) is 134 cm³/mol. The third-order valence-corrected chi connectivity index (χ3v) is 5.70. The molecule has 0 N–H and O–H groups in total. The molecule has 3 aromatic rings. The first-order valence-corrected chi connectivity index (χ1v) is 11.6. The van der Waals surface area contributed by atoms with Crippen LogP contribution in [0.5, 0.6) is 5.75 Å². The van der Waals surface area contributed by atoms with Crippen molar-refractivity contribution < 1.29 is 28.6 Å². The molecule has 0 atom stereocenters. The lowest BCUT2D eigenvalue weighted by Crippen LogP contribution is -2.39. The summed E-state index contributed by atoms with van der Waals surface area (Å²) in [6, 6.07) is 25.7. The number of hydrogen-bond donors (Lipinski definition) is 0. The van der Waals surface area contributed by atoms with Crippen LogP contribution in [0.4, 0.5) is 0 Å². The number of benzene rings is 3. The average Bonchev–Trinajstić information content (AvgIpc) is 3.19. The van der Waals surface area contributed by atoms with Gasteiger partial charge in [-0.2, -0.15) is 0 Å². The Hall–Kier alpha value is -4.45. The van der Waals surface area contributed by atoms with Crippen molar-refractivity contribution in [1.29, 1.82) is 0 Å². The number of ether oxygens (including phenoxy) is 3. The maximum Gasteiger partial charge on any atom is 0.330 e. The van der Waals surface area contributed by atoms with Gasteiger partial charge in [0.15, 0.2) is 5.60 Å². The molecule has 0 aromatic heterocycles. The molecule has 0 radical (unpaired) electrons. The van der Waals surface area contributed by atoms with E-state index in [1.807, 2.05) is 60.7 Å². The Morgan fingerprint density at radius 1 is 0.694 bits per heavy atom. The van der Waals surface area contributed by atoms with E-state index in [9.17, 15) is 14.4 Å². The second kappa shape index (κ2) is 11.8. The van der Waals surface area contributed by atoms with Crippen molar-refractivity contribution in [1.82, 2.24) is 0 Å².